The quantitative estimate of drug-likeness (QED) is 0.868. The van der Waals surface area contributed by atoms with Crippen molar-refractivity contribution in [3.8, 4) is 5.75 Å². The summed E-state index contributed by atoms with van der Waals surface area (Å²) in [7, 11) is 0. The Hall–Kier alpha value is -2.37. The molecule has 2 aromatic carbocycles. The van der Waals surface area contributed by atoms with Gasteiger partial charge in [0.25, 0.3) is 5.91 Å². The molecule has 5 nitrogen and oxygen atoms in total. The SMILES string of the molecule is O=C1c2cccc(OCc3ccc(CO)cc3)c2CN1C1CCCNC1. The highest BCUT2D eigenvalue weighted by molar-refractivity contribution is 5.99. The van der Waals surface area contributed by atoms with Gasteiger partial charge in [-0.05, 0) is 42.6 Å². The van der Waals surface area contributed by atoms with Crippen LogP contribution < -0.4 is 10.1 Å². The van der Waals surface area contributed by atoms with Crippen LogP contribution in [0.25, 0.3) is 0 Å². The number of nitrogens with one attached hydrogen (secondary N) is 1. The molecule has 0 spiro atoms. The van der Waals surface area contributed by atoms with E-state index in [1.165, 1.54) is 0 Å². The third-order valence-electron chi connectivity index (χ3n) is 5.26. The number of piperidine rings is 1. The molecule has 0 saturated carbocycles. The molecule has 1 amide bonds. The second-order valence-corrected chi connectivity index (χ2v) is 6.98. The number of amides is 1. The van der Waals surface area contributed by atoms with Gasteiger partial charge in [0, 0.05) is 23.7 Å². The Bertz CT molecular complexity index is 782. The highest BCUT2D eigenvalue weighted by Crippen LogP contribution is 2.33. The topological polar surface area (TPSA) is 61.8 Å². The minimum atomic E-state index is 0.0430. The van der Waals surface area contributed by atoms with Gasteiger partial charge in [-0.15, -0.1) is 0 Å². The number of hydrogen-bond donors (Lipinski definition) is 2. The molecule has 2 aliphatic heterocycles. The molecule has 26 heavy (non-hydrogen) atoms. The number of aliphatic hydroxyl groups is 1. The summed E-state index contributed by atoms with van der Waals surface area (Å²) < 4.78 is 6.04. The molecule has 2 heterocycles. The second-order valence-electron chi connectivity index (χ2n) is 6.98. The van der Waals surface area contributed by atoms with E-state index in [2.05, 4.69) is 5.32 Å². The average molecular weight is 352 g/mol. The first kappa shape index (κ1) is 17.1. The van der Waals surface area contributed by atoms with Gasteiger partial charge in [-0.25, -0.2) is 0 Å². The molecule has 2 aromatic rings. The smallest absolute Gasteiger partial charge is 0.254 e. The van der Waals surface area contributed by atoms with Crippen LogP contribution in [0.3, 0.4) is 0 Å². The van der Waals surface area contributed by atoms with Crippen molar-refractivity contribution < 1.29 is 14.6 Å². The molecule has 136 valence electrons. The average Bonchev–Trinajstić information content (AvgIpc) is 3.05. The molecule has 1 atom stereocenters. The molecule has 5 heteroatoms. The highest BCUT2D eigenvalue weighted by atomic mass is 16.5. The lowest BCUT2D eigenvalue weighted by molar-refractivity contribution is 0.0674. The molecule has 1 unspecified atom stereocenters. The first-order chi connectivity index (χ1) is 12.8. The van der Waals surface area contributed by atoms with Crippen molar-refractivity contribution in [1.82, 2.24) is 10.2 Å². The van der Waals surface area contributed by atoms with E-state index in [0.717, 1.165) is 53.9 Å². The lowest BCUT2D eigenvalue weighted by Gasteiger charge is -2.31. The summed E-state index contributed by atoms with van der Waals surface area (Å²) in [5, 5.41) is 12.5. The van der Waals surface area contributed by atoms with Crippen LogP contribution in [0, 0.1) is 0 Å². The van der Waals surface area contributed by atoms with Gasteiger partial charge in [-0.2, -0.15) is 0 Å². The van der Waals surface area contributed by atoms with Crippen LogP contribution in [0.1, 0.15) is 39.9 Å². The Morgan fingerprint density at radius 1 is 1.15 bits per heavy atom. The molecule has 0 aliphatic carbocycles. The third-order valence-corrected chi connectivity index (χ3v) is 5.26. The number of rotatable bonds is 5. The number of hydrogen-bond acceptors (Lipinski definition) is 4. The molecular weight excluding hydrogens is 328 g/mol. The van der Waals surface area contributed by atoms with Crippen LogP contribution in [-0.4, -0.2) is 35.0 Å². The molecule has 0 aromatic heterocycles. The maximum Gasteiger partial charge on any atom is 0.254 e. The summed E-state index contributed by atoms with van der Waals surface area (Å²) in [5.74, 6) is 0.903. The molecule has 2 N–H and O–H groups in total. The number of fused-ring (bicyclic) bond motifs is 1. The molecular formula is C21H24N2O3. The van der Waals surface area contributed by atoms with Crippen molar-refractivity contribution in [3.05, 3.63) is 64.7 Å². The fraction of sp³-hybridized carbons (Fsp3) is 0.381. The first-order valence-corrected chi connectivity index (χ1v) is 9.21. The fourth-order valence-corrected chi connectivity index (χ4v) is 3.76. The third kappa shape index (κ3) is 3.32. The van der Waals surface area contributed by atoms with E-state index < -0.39 is 0 Å². The summed E-state index contributed by atoms with van der Waals surface area (Å²) in [5.41, 5.74) is 3.69. The fourth-order valence-electron chi connectivity index (χ4n) is 3.76. The van der Waals surface area contributed by atoms with Crippen LogP contribution >= 0.6 is 0 Å². The van der Waals surface area contributed by atoms with Crippen LogP contribution in [-0.2, 0) is 19.8 Å². The van der Waals surface area contributed by atoms with Gasteiger partial charge in [-0.3, -0.25) is 4.79 Å². The van der Waals surface area contributed by atoms with Crippen LogP contribution in [0.4, 0.5) is 0 Å². The van der Waals surface area contributed by atoms with Crippen molar-refractivity contribution in [3.63, 3.8) is 0 Å². The van der Waals surface area contributed by atoms with Crippen molar-refractivity contribution >= 4 is 5.91 Å². The van der Waals surface area contributed by atoms with Crippen molar-refractivity contribution in [2.24, 2.45) is 0 Å². The van der Waals surface area contributed by atoms with E-state index in [9.17, 15) is 4.79 Å². The Morgan fingerprint density at radius 3 is 2.69 bits per heavy atom. The zero-order valence-corrected chi connectivity index (χ0v) is 14.8. The number of ether oxygens (including phenoxy) is 1. The number of nitrogens with zero attached hydrogens (tertiary/aromatic N) is 1. The first-order valence-electron chi connectivity index (χ1n) is 9.21. The maximum absolute atomic E-state index is 12.8. The molecule has 0 bridgehead atoms. The van der Waals surface area contributed by atoms with Crippen LogP contribution in [0.2, 0.25) is 0 Å². The van der Waals surface area contributed by atoms with E-state index >= 15 is 0 Å². The Morgan fingerprint density at radius 2 is 1.96 bits per heavy atom. The van der Waals surface area contributed by atoms with Crippen molar-refractivity contribution in [2.45, 2.75) is 38.6 Å². The van der Waals surface area contributed by atoms with Gasteiger partial charge in [0.2, 0.25) is 0 Å². The van der Waals surface area contributed by atoms with E-state index in [4.69, 9.17) is 9.84 Å². The second kappa shape index (κ2) is 7.48. The highest BCUT2D eigenvalue weighted by Gasteiger charge is 2.34. The summed E-state index contributed by atoms with van der Waals surface area (Å²) in [6.07, 6.45) is 2.16. The van der Waals surface area contributed by atoms with E-state index in [1.807, 2.05) is 47.4 Å². The minimum absolute atomic E-state index is 0.0430. The van der Waals surface area contributed by atoms with Crippen LogP contribution in [0.15, 0.2) is 42.5 Å². The lowest BCUT2D eigenvalue weighted by Crippen LogP contribution is -2.46. The molecule has 0 radical (unpaired) electrons. The number of carbonyl (C=O) groups is 1. The van der Waals surface area contributed by atoms with E-state index in [-0.39, 0.29) is 18.6 Å². The summed E-state index contributed by atoms with van der Waals surface area (Å²) in [6.45, 7) is 3.02. The molecule has 1 fully saturated rings. The number of carbonyl (C=O) groups excluding carboxylic acids is 1. The van der Waals surface area contributed by atoms with Crippen LogP contribution in [0.5, 0.6) is 5.75 Å². The predicted molar refractivity (Wildman–Crippen MR) is 98.9 cm³/mol. The van der Waals surface area contributed by atoms with Gasteiger partial charge in [0.05, 0.1) is 13.2 Å². The van der Waals surface area contributed by atoms with Gasteiger partial charge in [-0.1, -0.05) is 30.3 Å². The maximum atomic E-state index is 12.8. The summed E-state index contributed by atoms with van der Waals surface area (Å²) >= 11 is 0. The van der Waals surface area contributed by atoms with Crippen molar-refractivity contribution in [1.29, 1.82) is 0 Å². The standard InChI is InChI=1S/C21H24N2O3/c24-13-15-6-8-16(9-7-15)14-26-20-5-1-4-18-19(20)12-23(21(18)25)17-3-2-10-22-11-17/h1,4-9,17,22,24H,2-3,10-14H2. The Labute approximate surface area is 153 Å². The number of benzene rings is 2. The minimum Gasteiger partial charge on any atom is -0.489 e. The molecule has 2 aliphatic rings. The number of aliphatic hydroxyl groups excluding tert-OH is 1. The largest absolute Gasteiger partial charge is 0.489 e. The van der Waals surface area contributed by atoms with Gasteiger partial charge in [0.15, 0.2) is 0 Å². The summed E-state index contributed by atoms with van der Waals surface area (Å²) in [4.78, 5) is 14.8. The van der Waals surface area contributed by atoms with E-state index in [1.54, 1.807) is 0 Å². The Kier molecular flexibility index (Phi) is 4.91. The molecule has 1 saturated heterocycles. The zero-order chi connectivity index (χ0) is 17.9. The Balaban J connectivity index is 1.48. The van der Waals surface area contributed by atoms with E-state index in [0.29, 0.717) is 13.2 Å². The molecule has 4 rings (SSSR count). The monoisotopic (exact) mass is 352 g/mol. The van der Waals surface area contributed by atoms with Gasteiger partial charge >= 0.3 is 0 Å². The van der Waals surface area contributed by atoms with Gasteiger partial charge < -0.3 is 20.1 Å². The summed E-state index contributed by atoms with van der Waals surface area (Å²) in [6, 6.07) is 13.7. The van der Waals surface area contributed by atoms with Crippen molar-refractivity contribution in [2.75, 3.05) is 13.1 Å². The zero-order valence-electron chi connectivity index (χ0n) is 14.8. The predicted octanol–water partition coefficient (Wildman–Crippen LogP) is 2.47. The lowest BCUT2D eigenvalue weighted by atomic mass is 10.1. The normalized spacial score (nSPS) is 19.5. The van der Waals surface area contributed by atoms with Gasteiger partial charge in [0.1, 0.15) is 12.4 Å².